The standard InChI is InChI=1S/C13H22N4O4/c1-17-4-3-14-11(17)6-15-9-7-21-10(13(9)19)5-16-12(18)8-20-2/h3-4,9-10,13,15,19H,5-8H2,1-2H3,(H,16,18)/t9-,10-,13+/m1/s1. The van der Waals surface area contributed by atoms with Crippen LogP contribution in [0.1, 0.15) is 5.82 Å². The van der Waals surface area contributed by atoms with Crippen molar-refractivity contribution in [2.75, 3.05) is 26.9 Å². The number of imidazole rings is 1. The van der Waals surface area contributed by atoms with E-state index in [4.69, 9.17) is 9.47 Å². The minimum absolute atomic E-state index is 0.00362. The highest BCUT2D eigenvalue weighted by molar-refractivity contribution is 5.77. The van der Waals surface area contributed by atoms with E-state index >= 15 is 0 Å². The van der Waals surface area contributed by atoms with E-state index in [0.717, 1.165) is 5.82 Å². The van der Waals surface area contributed by atoms with E-state index in [2.05, 4.69) is 15.6 Å². The summed E-state index contributed by atoms with van der Waals surface area (Å²) in [5.41, 5.74) is 0. The molecule has 3 N–H and O–H groups in total. The smallest absolute Gasteiger partial charge is 0.246 e. The van der Waals surface area contributed by atoms with Crippen molar-refractivity contribution in [3.05, 3.63) is 18.2 Å². The second-order valence-corrected chi connectivity index (χ2v) is 5.04. The summed E-state index contributed by atoms with van der Waals surface area (Å²) in [6.07, 6.45) is 2.51. The molecule has 0 aromatic carbocycles. The molecule has 2 heterocycles. The van der Waals surface area contributed by atoms with E-state index in [1.165, 1.54) is 7.11 Å². The van der Waals surface area contributed by atoms with Crippen LogP contribution in [0.3, 0.4) is 0 Å². The number of aliphatic hydroxyl groups excluding tert-OH is 1. The molecule has 1 aromatic rings. The van der Waals surface area contributed by atoms with Crippen LogP contribution in [0.15, 0.2) is 12.4 Å². The molecule has 1 fully saturated rings. The van der Waals surface area contributed by atoms with Gasteiger partial charge in [-0.3, -0.25) is 4.79 Å². The Kier molecular flexibility index (Phi) is 5.68. The van der Waals surface area contributed by atoms with Gasteiger partial charge in [0.05, 0.1) is 25.3 Å². The monoisotopic (exact) mass is 298 g/mol. The lowest BCUT2D eigenvalue weighted by molar-refractivity contribution is -0.125. The molecule has 0 unspecified atom stereocenters. The van der Waals surface area contributed by atoms with Crippen molar-refractivity contribution in [3.63, 3.8) is 0 Å². The van der Waals surface area contributed by atoms with Crippen LogP contribution in [0.5, 0.6) is 0 Å². The minimum atomic E-state index is -0.673. The van der Waals surface area contributed by atoms with Gasteiger partial charge in [-0.05, 0) is 0 Å². The Hall–Kier alpha value is -1.48. The molecule has 0 radical (unpaired) electrons. The third kappa shape index (κ3) is 4.24. The van der Waals surface area contributed by atoms with Gasteiger partial charge in [0.1, 0.15) is 18.5 Å². The lowest BCUT2D eigenvalue weighted by Crippen LogP contribution is -2.45. The number of aryl methyl sites for hydroxylation is 1. The molecule has 0 spiro atoms. The third-order valence-electron chi connectivity index (χ3n) is 3.50. The topological polar surface area (TPSA) is 97.6 Å². The molecular formula is C13H22N4O4. The Labute approximate surface area is 123 Å². The van der Waals surface area contributed by atoms with Crippen LogP contribution >= 0.6 is 0 Å². The van der Waals surface area contributed by atoms with E-state index < -0.39 is 12.2 Å². The molecule has 21 heavy (non-hydrogen) atoms. The number of hydrogen-bond donors (Lipinski definition) is 3. The van der Waals surface area contributed by atoms with Crippen LogP contribution in [0.2, 0.25) is 0 Å². The van der Waals surface area contributed by atoms with E-state index in [1.54, 1.807) is 6.20 Å². The highest BCUT2D eigenvalue weighted by atomic mass is 16.5. The number of aromatic nitrogens is 2. The number of hydrogen-bond acceptors (Lipinski definition) is 6. The molecule has 1 saturated heterocycles. The molecule has 8 heteroatoms. The highest BCUT2D eigenvalue weighted by Crippen LogP contribution is 2.14. The number of carbonyl (C=O) groups is 1. The fourth-order valence-electron chi connectivity index (χ4n) is 2.23. The van der Waals surface area contributed by atoms with E-state index in [9.17, 15) is 9.90 Å². The first-order valence-corrected chi connectivity index (χ1v) is 6.86. The van der Waals surface area contributed by atoms with Gasteiger partial charge in [0.15, 0.2) is 0 Å². The fraction of sp³-hybridized carbons (Fsp3) is 0.692. The minimum Gasteiger partial charge on any atom is -0.389 e. The Bertz CT molecular complexity index is 465. The number of carbonyl (C=O) groups excluding carboxylic acids is 1. The SMILES string of the molecule is COCC(=O)NC[C@H]1OC[C@@H](NCc2nccn2C)[C@@H]1O. The van der Waals surface area contributed by atoms with Crippen LogP contribution in [-0.4, -0.2) is 65.7 Å². The van der Waals surface area contributed by atoms with Crippen LogP contribution in [0, 0.1) is 0 Å². The molecule has 0 aliphatic carbocycles. The Morgan fingerprint density at radius 2 is 2.48 bits per heavy atom. The maximum absolute atomic E-state index is 11.3. The van der Waals surface area contributed by atoms with Crippen molar-refractivity contribution in [3.8, 4) is 0 Å². The van der Waals surface area contributed by atoms with Gasteiger partial charge >= 0.3 is 0 Å². The van der Waals surface area contributed by atoms with Crippen LogP contribution in [0.25, 0.3) is 0 Å². The van der Waals surface area contributed by atoms with Crippen molar-refractivity contribution in [1.29, 1.82) is 0 Å². The lowest BCUT2D eigenvalue weighted by Gasteiger charge is -2.18. The fourth-order valence-corrected chi connectivity index (χ4v) is 2.23. The van der Waals surface area contributed by atoms with Crippen molar-refractivity contribution in [1.82, 2.24) is 20.2 Å². The Morgan fingerprint density at radius 1 is 1.67 bits per heavy atom. The first-order valence-electron chi connectivity index (χ1n) is 6.86. The summed E-state index contributed by atoms with van der Waals surface area (Å²) in [6, 6.07) is -0.175. The molecular weight excluding hydrogens is 276 g/mol. The molecule has 0 bridgehead atoms. The number of amides is 1. The lowest BCUT2D eigenvalue weighted by atomic mass is 10.1. The van der Waals surface area contributed by atoms with Gasteiger partial charge in [-0.25, -0.2) is 4.98 Å². The van der Waals surface area contributed by atoms with Gasteiger partial charge in [-0.2, -0.15) is 0 Å². The second-order valence-electron chi connectivity index (χ2n) is 5.04. The summed E-state index contributed by atoms with van der Waals surface area (Å²) >= 11 is 0. The number of methoxy groups -OCH3 is 1. The molecule has 0 saturated carbocycles. The molecule has 1 aromatic heterocycles. The Balaban J connectivity index is 1.74. The number of ether oxygens (including phenoxy) is 2. The third-order valence-corrected chi connectivity index (χ3v) is 3.50. The number of nitrogens with one attached hydrogen (secondary N) is 2. The Morgan fingerprint density at radius 3 is 3.14 bits per heavy atom. The van der Waals surface area contributed by atoms with Gasteiger partial charge in [-0.15, -0.1) is 0 Å². The van der Waals surface area contributed by atoms with Gasteiger partial charge in [-0.1, -0.05) is 0 Å². The molecule has 1 amide bonds. The normalized spacial score (nSPS) is 25.2. The zero-order valence-corrected chi connectivity index (χ0v) is 12.3. The van der Waals surface area contributed by atoms with Crippen molar-refractivity contribution >= 4 is 5.91 Å². The maximum atomic E-state index is 11.3. The molecule has 8 nitrogen and oxygen atoms in total. The summed E-state index contributed by atoms with van der Waals surface area (Å²) in [5.74, 6) is 0.664. The second kappa shape index (κ2) is 7.51. The van der Waals surface area contributed by atoms with Gasteiger partial charge in [0.2, 0.25) is 5.91 Å². The predicted octanol–water partition coefficient (Wildman–Crippen LogP) is -1.60. The first-order chi connectivity index (χ1) is 10.1. The summed E-state index contributed by atoms with van der Waals surface area (Å²) in [4.78, 5) is 15.5. The first kappa shape index (κ1) is 15.9. The van der Waals surface area contributed by atoms with E-state index in [1.807, 2.05) is 17.8 Å². The van der Waals surface area contributed by atoms with Gasteiger partial charge in [0.25, 0.3) is 0 Å². The molecule has 1 aliphatic rings. The number of nitrogens with zero attached hydrogens (tertiary/aromatic N) is 2. The average molecular weight is 298 g/mol. The van der Waals surface area contributed by atoms with Crippen LogP contribution in [0.4, 0.5) is 0 Å². The summed E-state index contributed by atoms with van der Waals surface area (Å²) in [5, 5.41) is 16.1. The van der Waals surface area contributed by atoms with Gasteiger partial charge < -0.3 is 29.8 Å². The zero-order valence-electron chi connectivity index (χ0n) is 12.3. The maximum Gasteiger partial charge on any atom is 0.246 e. The summed E-state index contributed by atoms with van der Waals surface area (Å²) in [7, 11) is 3.37. The highest BCUT2D eigenvalue weighted by Gasteiger charge is 2.35. The number of rotatable bonds is 7. The quantitative estimate of drug-likeness (QED) is 0.561. The van der Waals surface area contributed by atoms with Crippen molar-refractivity contribution in [2.45, 2.75) is 24.8 Å². The predicted molar refractivity (Wildman–Crippen MR) is 74.5 cm³/mol. The van der Waals surface area contributed by atoms with Crippen LogP contribution in [-0.2, 0) is 27.9 Å². The average Bonchev–Trinajstić information content (AvgIpc) is 3.01. The molecule has 118 valence electrons. The molecule has 3 atom stereocenters. The number of aliphatic hydroxyl groups is 1. The summed E-state index contributed by atoms with van der Waals surface area (Å²) < 4.78 is 12.1. The largest absolute Gasteiger partial charge is 0.389 e. The van der Waals surface area contributed by atoms with Crippen LogP contribution < -0.4 is 10.6 Å². The molecule has 2 rings (SSSR count). The summed E-state index contributed by atoms with van der Waals surface area (Å²) in [6.45, 7) is 1.22. The van der Waals surface area contributed by atoms with Crippen molar-refractivity contribution < 1.29 is 19.4 Å². The van der Waals surface area contributed by atoms with Gasteiger partial charge in [0, 0.05) is 33.1 Å². The zero-order chi connectivity index (χ0) is 15.2. The van der Waals surface area contributed by atoms with E-state index in [-0.39, 0.29) is 25.1 Å². The van der Waals surface area contributed by atoms with Crippen molar-refractivity contribution in [2.24, 2.45) is 7.05 Å². The molecule has 1 aliphatic heterocycles. The van der Waals surface area contributed by atoms with E-state index in [0.29, 0.717) is 13.2 Å².